The molecule has 0 amide bonds. The van der Waals surface area contributed by atoms with Gasteiger partial charge in [0.1, 0.15) is 0 Å². The van der Waals surface area contributed by atoms with Gasteiger partial charge in [-0.1, -0.05) is 12.1 Å². The summed E-state index contributed by atoms with van der Waals surface area (Å²) in [6.07, 6.45) is 2.89. The number of aryl methyl sites for hydroxylation is 1. The van der Waals surface area contributed by atoms with Gasteiger partial charge in [0.15, 0.2) is 0 Å². The van der Waals surface area contributed by atoms with Crippen molar-refractivity contribution in [1.29, 1.82) is 0 Å². The smallest absolute Gasteiger partial charge is 0.0843 e. The summed E-state index contributed by atoms with van der Waals surface area (Å²) >= 11 is 0. The van der Waals surface area contributed by atoms with E-state index >= 15 is 0 Å². The van der Waals surface area contributed by atoms with E-state index in [0.717, 1.165) is 45.0 Å². The Morgan fingerprint density at radius 2 is 2.10 bits per heavy atom. The topological polar surface area (TPSA) is 55.2 Å². The van der Waals surface area contributed by atoms with Crippen molar-refractivity contribution in [3.05, 3.63) is 11.9 Å². The van der Waals surface area contributed by atoms with Crippen molar-refractivity contribution in [1.82, 2.24) is 25.2 Å². The highest BCUT2D eigenvalue weighted by Gasteiger charge is 2.36. The molecule has 1 unspecified atom stereocenters. The Balaban J connectivity index is 2.08. The summed E-state index contributed by atoms with van der Waals surface area (Å²) in [5, 5.41) is 11.9. The Bertz CT molecular complexity index is 411. The highest BCUT2D eigenvalue weighted by molar-refractivity contribution is 5.03. The van der Waals surface area contributed by atoms with Gasteiger partial charge < -0.3 is 10.1 Å². The molecule has 6 nitrogen and oxygen atoms in total. The minimum absolute atomic E-state index is 0.0668. The van der Waals surface area contributed by atoms with Crippen LogP contribution in [0, 0.1) is 0 Å². The normalized spacial score (nSPS) is 19.2. The zero-order valence-corrected chi connectivity index (χ0v) is 13.1. The van der Waals surface area contributed by atoms with Crippen LogP contribution in [0.2, 0.25) is 0 Å². The molecule has 0 saturated carbocycles. The van der Waals surface area contributed by atoms with Crippen molar-refractivity contribution < 1.29 is 4.74 Å². The second kappa shape index (κ2) is 6.65. The average Bonchev–Trinajstić information content (AvgIpc) is 2.85. The molecule has 2 rings (SSSR count). The molecule has 0 spiro atoms. The lowest BCUT2D eigenvalue weighted by atomic mass is 9.88. The van der Waals surface area contributed by atoms with Crippen molar-refractivity contribution >= 4 is 0 Å². The molecule has 1 aliphatic heterocycles. The lowest BCUT2D eigenvalue weighted by molar-refractivity contribution is -0.0231. The Labute approximate surface area is 121 Å². The maximum absolute atomic E-state index is 5.47. The van der Waals surface area contributed by atoms with E-state index in [2.05, 4.69) is 41.3 Å². The summed E-state index contributed by atoms with van der Waals surface area (Å²) in [5.41, 5.74) is 1.11. The first-order chi connectivity index (χ1) is 9.54. The second-order valence-corrected chi connectivity index (χ2v) is 5.95. The molecule has 1 fully saturated rings. The predicted octanol–water partition coefficient (Wildman–Crippen LogP) is 0.447. The quantitative estimate of drug-likeness (QED) is 0.820. The maximum atomic E-state index is 5.47. The van der Waals surface area contributed by atoms with Gasteiger partial charge >= 0.3 is 0 Å². The number of likely N-dealkylation sites (N-methyl/N-ethyl adjacent to an activating group) is 1. The highest BCUT2D eigenvalue weighted by Crippen LogP contribution is 2.22. The first-order valence-electron chi connectivity index (χ1n) is 7.45. The first kappa shape index (κ1) is 15.4. The predicted molar refractivity (Wildman–Crippen MR) is 78.6 cm³/mol. The van der Waals surface area contributed by atoms with Gasteiger partial charge in [-0.25, -0.2) is 0 Å². The number of hydrogen-bond acceptors (Lipinski definition) is 5. The second-order valence-electron chi connectivity index (χ2n) is 5.95. The van der Waals surface area contributed by atoms with E-state index < -0.39 is 0 Å². The standard InChI is InChI=1S/C14H27N5O/c1-5-15-13(10-12-11-18(4)17-16-12)14(2,3)19-6-8-20-9-7-19/h11,13,15H,5-10H2,1-4H3. The van der Waals surface area contributed by atoms with Gasteiger partial charge in [-0.15, -0.1) is 5.10 Å². The molecule has 0 aromatic carbocycles. The third kappa shape index (κ3) is 3.56. The van der Waals surface area contributed by atoms with Crippen LogP contribution in [0.15, 0.2) is 6.20 Å². The number of ether oxygens (including phenoxy) is 1. The summed E-state index contributed by atoms with van der Waals surface area (Å²) < 4.78 is 7.23. The van der Waals surface area contributed by atoms with Crippen LogP contribution in [0.1, 0.15) is 26.5 Å². The Hall–Kier alpha value is -0.980. The van der Waals surface area contributed by atoms with Gasteiger partial charge in [0.05, 0.1) is 18.9 Å². The lowest BCUT2D eigenvalue weighted by Crippen LogP contribution is -2.61. The third-order valence-electron chi connectivity index (χ3n) is 4.19. The van der Waals surface area contributed by atoms with Crippen LogP contribution >= 0.6 is 0 Å². The van der Waals surface area contributed by atoms with Crippen LogP contribution in [-0.2, 0) is 18.2 Å². The Morgan fingerprint density at radius 1 is 1.40 bits per heavy atom. The number of hydrogen-bond donors (Lipinski definition) is 1. The number of morpholine rings is 1. The molecule has 6 heteroatoms. The Morgan fingerprint density at radius 3 is 2.65 bits per heavy atom. The van der Waals surface area contributed by atoms with Crippen molar-refractivity contribution in [2.24, 2.45) is 7.05 Å². The maximum Gasteiger partial charge on any atom is 0.0843 e. The zero-order chi connectivity index (χ0) is 14.6. The van der Waals surface area contributed by atoms with Gasteiger partial charge in [0.2, 0.25) is 0 Å². The fourth-order valence-corrected chi connectivity index (χ4v) is 2.88. The van der Waals surface area contributed by atoms with E-state index in [1.54, 1.807) is 4.68 Å². The number of aromatic nitrogens is 3. The van der Waals surface area contributed by atoms with E-state index in [0.29, 0.717) is 6.04 Å². The summed E-state index contributed by atoms with van der Waals surface area (Å²) in [4.78, 5) is 2.51. The van der Waals surface area contributed by atoms with Crippen LogP contribution < -0.4 is 5.32 Å². The molecule has 1 aliphatic rings. The monoisotopic (exact) mass is 281 g/mol. The summed E-state index contributed by atoms with van der Waals surface area (Å²) in [5.74, 6) is 0. The van der Waals surface area contributed by atoms with Crippen LogP contribution in [0.5, 0.6) is 0 Å². The third-order valence-corrected chi connectivity index (χ3v) is 4.19. The minimum Gasteiger partial charge on any atom is -0.379 e. The summed E-state index contributed by atoms with van der Waals surface area (Å²) in [6, 6.07) is 0.349. The molecule has 1 aromatic rings. The van der Waals surface area contributed by atoms with Crippen molar-refractivity contribution in [2.75, 3.05) is 32.8 Å². The van der Waals surface area contributed by atoms with Crippen LogP contribution in [0.3, 0.4) is 0 Å². The zero-order valence-electron chi connectivity index (χ0n) is 13.1. The van der Waals surface area contributed by atoms with Crippen LogP contribution in [0.4, 0.5) is 0 Å². The average molecular weight is 281 g/mol. The van der Waals surface area contributed by atoms with E-state index in [1.807, 2.05) is 13.2 Å². The van der Waals surface area contributed by atoms with Crippen molar-refractivity contribution in [3.8, 4) is 0 Å². The van der Waals surface area contributed by atoms with Gasteiger partial charge in [0.25, 0.3) is 0 Å². The molecule has 20 heavy (non-hydrogen) atoms. The van der Waals surface area contributed by atoms with Crippen LogP contribution in [-0.4, -0.2) is 64.3 Å². The number of nitrogens with one attached hydrogen (secondary N) is 1. The summed E-state index contributed by atoms with van der Waals surface area (Å²) in [6.45, 7) is 11.4. The van der Waals surface area contributed by atoms with Crippen LogP contribution in [0.25, 0.3) is 0 Å². The van der Waals surface area contributed by atoms with E-state index in [9.17, 15) is 0 Å². The SMILES string of the molecule is CCNC(Cc1cn(C)nn1)C(C)(C)N1CCOCC1. The fraction of sp³-hybridized carbons (Fsp3) is 0.857. The van der Waals surface area contributed by atoms with Gasteiger partial charge in [-0.05, 0) is 20.4 Å². The number of nitrogens with zero attached hydrogens (tertiary/aromatic N) is 4. The van der Waals surface area contributed by atoms with Gasteiger partial charge in [-0.3, -0.25) is 9.58 Å². The molecule has 0 bridgehead atoms. The molecule has 2 heterocycles. The molecular formula is C14H27N5O. The largest absolute Gasteiger partial charge is 0.379 e. The molecule has 0 aliphatic carbocycles. The van der Waals surface area contributed by atoms with Crippen molar-refractivity contribution in [2.45, 2.75) is 38.8 Å². The molecule has 1 saturated heterocycles. The molecule has 0 radical (unpaired) electrons. The first-order valence-corrected chi connectivity index (χ1v) is 7.45. The molecule has 114 valence electrons. The molecule has 1 aromatic heterocycles. The Kier molecular flexibility index (Phi) is 5.12. The van der Waals surface area contributed by atoms with E-state index in [-0.39, 0.29) is 5.54 Å². The van der Waals surface area contributed by atoms with Gasteiger partial charge in [-0.2, -0.15) is 0 Å². The molecular weight excluding hydrogens is 254 g/mol. The van der Waals surface area contributed by atoms with E-state index in [4.69, 9.17) is 4.74 Å². The lowest BCUT2D eigenvalue weighted by Gasteiger charge is -2.46. The van der Waals surface area contributed by atoms with Crippen molar-refractivity contribution in [3.63, 3.8) is 0 Å². The minimum atomic E-state index is 0.0668. The van der Waals surface area contributed by atoms with Gasteiger partial charge in [0, 0.05) is 44.3 Å². The highest BCUT2D eigenvalue weighted by atomic mass is 16.5. The number of rotatable bonds is 6. The molecule has 1 atom stereocenters. The summed E-state index contributed by atoms with van der Waals surface area (Å²) in [7, 11) is 1.91. The fourth-order valence-electron chi connectivity index (χ4n) is 2.88. The molecule has 1 N–H and O–H groups in total. The van der Waals surface area contributed by atoms with E-state index in [1.165, 1.54) is 0 Å².